The first-order valence-corrected chi connectivity index (χ1v) is 7.01. The second-order valence-corrected chi connectivity index (χ2v) is 5.59. The zero-order valence-electron chi connectivity index (χ0n) is 12.3. The maximum absolute atomic E-state index is 12.9. The SMILES string of the molecule is CN(C)C1CCCN(c2nc(C(F)(F)F)ccc2CN)C1. The van der Waals surface area contributed by atoms with Crippen LogP contribution in [0, 0.1) is 0 Å². The minimum atomic E-state index is -4.43. The number of rotatable bonds is 3. The van der Waals surface area contributed by atoms with Gasteiger partial charge >= 0.3 is 6.18 Å². The van der Waals surface area contributed by atoms with Crippen LogP contribution in [0.1, 0.15) is 24.1 Å². The third-order valence-electron chi connectivity index (χ3n) is 3.89. The molecule has 21 heavy (non-hydrogen) atoms. The summed E-state index contributed by atoms with van der Waals surface area (Å²) < 4.78 is 38.6. The highest BCUT2D eigenvalue weighted by atomic mass is 19.4. The topological polar surface area (TPSA) is 45.4 Å². The Labute approximate surface area is 122 Å². The van der Waals surface area contributed by atoms with Gasteiger partial charge < -0.3 is 15.5 Å². The first kappa shape index (κ1) is 16.0. The Hall–Kier alpha value is -1.34. The molecule has 1 unspecified atom stereocenters. The fraction of sp³-hybridized carbons (Fsp3) is 0.643. The predicted octanol–water partition coefficient (Wildman–Crippen LogP) is 2.09. The summed E-state index contributed by atoms with van der Waals surface area (Å²) in [6, 6.07) is 2.75. The maximum atomic E-state index is 12.9. The summed E-state index contributed by atoms with van der Waals surface area (Å²) >= 11 is 0. The van der Waals surface area contributed by atoms with Crippen LogP contribution >= 0.6 is 0 Å². The van der Waals surface area contributed by atoms with Crippen molar-refractivity contribution in [1.82, 2.24) is 9.88 Å². The van der Waals surface area contributed by atoms with Gasteiger partial charge in [0.1, 0.15) is 11.5 Å². The zero-order valence-corrected chi connectivity index (χ0v) is 12.3. The Balaban J connectivity index is 2.32. The van der Waals surface area contributed by atoms with Crippen LogP contribution in [0.4, 0.5) is 19.0 Å². The van der Waals surface area contributed by atoms with Gasteiger partial charge in [0.15, 0.2) is 0 Å². The van der Waals surface area contributed by atoms with E-state index in [9.17, 15) is 13.2 Å². The molecule has 4 nitrogen and oxygen atoms in total. The lowest BCUT2D eigenvalue weighted by Gasteiger charge is -2.37. The second-order valence-electron chi connectivity index (χ2n) is 5.59. The van der Waals surface area contributed by atoms with E-state index in [0.717, 1.165) is 18.9 Å². The van der Waals surface area contributed by atoms with Crippen molar-refractivity contribution >= 4 is 5.82 Å². The van der Waals surface area contributed by atoms with E-state index < -0.39 is 11.9 Å². The van der Waals surface area contributed by atoms with E-state index in [1.807, 2.05) is 19.0 Å². The number of pyridine rings is 1. The van der Waals surface area contributed by atoms with Gasteiger partial charge in [0.25, 0.3) is 0 Å². The van der Waals surface area contributed by atoms with E-state index in [1.54, 1.807) is 0 Å². The smallest absolute Gasteiger partial charge is 0.355 e. The Morgan fingerprint density at radius 1 is 1.38 bits per heavy atom. The molecule has 2 heterocycles. The second kappa shape index (κ2) is 6.19. The van der Waals surface area contributed by atoms with Crippen LogP contribution in [0.25, 0.3) is 0 Å². The van der Waals surface area contributed by atoms with E-state index in [2.05, 4.69) is 9.88 Å². The maximum Gasteiger partial charge on any atom is 0.433 e. The fourth-order valence-corrected chi connectivity index (χ4v) is 2.64. The minimum Gasteiger partial charge on any atom is -0.355 e. The molecule has 0 saturated carbocycles. The van der Waals surface area contributed by atoms with Crippen molar-refractivity contribution in [2.45, 2.75) is 31.6 Å². The molecule has 0 amide bonds. The van der Waals surface area contributed by atoms with Crippen molar-refractivity contribution in [3.8, 4) is 0 Å². The van der Waals surface area contributed by atoms with E-state index in [0.29, 0.717) is 30.5 Å². The number of aromatic nitrogens is 1. The molecular weight excluding hydrogens is 281 g/mol. The standard InChI is InChI=1S/C14H21F3N4/c1-20(2)11-4-3-7-21(9-11)13-10(8-18)5-6-12(19-13)14(15,16)17/h5-6,11H,3-4,7-9,18H2,1-2H3. The number of likely N-dealkylation sites (N-methyl/N-ethyl adjacent to an activating group) is 1. The third-order valence-corrected chi connectivity index (χ3v) is 3.89. The molecule has 0 aromatic carbocycles. The quantitative estimate of drug-likeness (QED) is 0.928. The lowest BCUT2D eigenvalue weighted by Crippen LogP contribution is -2.46. The van der Waals surface area contributed by atoms with Crippen LogP contribution in [0.3, 0.4) is 0 Å². The molecule has 118 valence electrons. The van der Waals surface area contributed by atoms with Crippen molar-refractivity contribution in [3.63, 3.8) is 0 Å². The summed E-state index contributed by atoms with van der Waals surface area (Å²) in [5.41, 5.74) is 5.45. The van der Waals surface area contributed by atoms with Crippen LogP contribution < -0.4 is 10.6 Å². The first-order valence-electron chi connectivity index (χ1n) is 7.01. The molecule has 1 fully saturated rings. The third kappa shape index (κ3) is 3.65. The summed E-state index contributed by atoms with van der Waals surface area (Å²) in [5.74, 6) is 0.374. The van der Waals surface area contributed by atoms with Gasteiger partial charge in [-0.15, -0.1) is 0 Å². The molecule has 1 aromatic rings. The molecule has 0 aliphatic carbocycles. The summed E-state index contributed by atoms with van der Waals surface area (Å²) in [6.07, 6.45) is -2.45. The largest absolute Gasteiger partial charge is 0.433 e. The van der Waals surface area contributed by atoms with Crippen LogP contribution in [0.15, 0.2) is 12.1 Å². The normalized spacial score (nSPS) is 20.1. The predicted molar refractivity (Wildman–Crippen MR) is 76.1 cm³/mol. The number of halogens is 3. The summed E-state index contributed by atoms with van der Waals surface area (Å²) in [6.45, 7) is 1.57. The molecule has 0 bridgehead atoms. The minimum absolute atomic E-state index is 0.184. The number of hydrogen-bond acceptors (Lipinski definition) is 4. The summed E-state index contributed by atoms with van der Waals surface area (Å²) in [4.78, 5) is 7.86. The molecule has 0 spiro atoms. The Morgan fingerprint density at radius 2 is 2.10 bits per heavy atom. The zero-order chi connectivity index (χ0) is 15.6. The number of anilines is 1. The number of nitrogens with two attached hydrogens (primary N) is 1. The lowest BCUT2D eigenvalue weighted by molar-refractivity contribution is -0.141. The summed E-state index contributed by atoms with van der Waals surface area (Å²) in [5, 5.41) is 0. The van der Waals surface area contributed by atoms with Crippen molar-refractivity contribution in [2.75, 3.05) is 32.1 Å². The Bertz CT molecular complexity index is 488. The van der Waals surface area contributed by atoms with Crippen molar-refractivity contribution < 1.29 is 13.2 Å². The molecule has 1 aromatic heterocycles. The number of piperidine rings is 1. The van der Waals surface area contributed by atoms with Gasteiger partial charge in [-0.2, -0.15) is 13.2 Å². The van der Waals surface area contributed by atoms with Gasteiger partial charge in [-0.05, 0) is 33.0 Å². The van der Waals surface area contributed by atoms with E-state index in [1.165, 1.54) is 6.07 Å². The van der Waals surface area contributed by atoms with Gasteiger partial charge in [0, 0.05) is 31.2 Å². The van der Waals surface area contributed by atoms with Gasteiger partial charge in [0.05, 0.1) is 0 Å². The molecule has 7 heteroatoms. The van der Waals surface area contributed by atoms with Crippen LogP contribution in [0.2, 0.25) is 0 Å². The van der Waals surface area contributed by atoms with E-state index in [-0.39, 0.29) is 6.54 Å². The molecule has 1 atom stereocenters. The van der Waals surface area contributed by atoms with Gasteiger partial charge in [0.2, 0.25) is 0 Å². The first-order chi connectivity index (χ1) is 9.82. The molecule has 2 N–H and O–H groups in total. The molecule has 1 aliphatic rings. The van der Waals surface area contributed by atoms with Crippen molar-refractivity contribution in [2.24, 2.45) is 5.73 Å². The Kier molecular flexibility index (Phi) is 4.73. The molecule has 1 aliphatic heterocycles. The average Bonchev–Trinajstić information content (AvgIpc) is 2.45. The molecular formula is C14H21F3N4. The van der Waals surface area contributed by atoms with E-state index in [4.69, 9.17) is 5.73 Å². The highest BCUT2D eigenvalue weighted by Gasteiger charge is 2.34. The summed E-state index contributed by atoms with van der Waals surface area (Å²) in [7, 11) is 3.97. The number of alkyl halides is 3. The Morgan fingerprint density at radius 3 is 2.67 bits per heavy atom. The van der Waals surface area contributed by atoms with Gasteiger partial charge in [-0.3, -0.25) is 0 Å². The van der Waals surface area contributed by atoms with Crippen LogP contribution in [-0.2, 0) is 12.7 Å². The van der Waals surface area contributed by atoms with Crippen molar-refractivity contribution in [3.05, 3.63) is 23.4 Å². The van der Waals surface area contributed by atoms with Crippen molar-refractivity contribution in [1.29, 1.82) is 0 Å². The fourth-order valence-electron chi connectivity index (χ4n) is 2.64. The highest BCUT2D eigenvalue weighted by molar-refractivity contribution is 5.48. The molecule has 2 rings (SSSR count). The lowest BCUT2D eigenvalue weighted by atomic mass is 10.0. The monoisotopic (exact) mass is 302 g/mol. The van der Waals surface area contributed by atoms with Crippen LogP contribution in [-0.4, -0.2) is 43.1 Å². The highest BCUT2D eigenvalue weighted by Crippen LogP contribution is 2.31. The van der Waals surface area contributed by atoms with Gasteiger partial charge in [-0.25, -0.2) is 4.98 Å². The molecule has 1 saturated heterocycles. The number of nitrogens with zero attached hydrogens (tertiary/aromatic N) is 3. The number of hydrogen-bond donors (Lipinski definition) is 1. The van der Waals surface area contributed by atoms with Crippen LogP contribution in [0.5, 0.6) is 0 Å². The molecule has 0 radical (unpaired) electrons. The average molecular weight is 302 g/mol. The van der Waals surface area contributed by atoms with Gasteiger partial charge in [-0.1, -0.05) is 6.07 Å². The van der Waals surface area contributed by atoms with E-state index >= 15 is 0 Å².